The number of carboxylic acids is 1. The third-order valence-corrected chi connectivity index (χ3v) is 1.84. The Bertz CT molecular complexity index is 386. The molecule has 0 amide bonds. The van der Waals surface area contributed by atoms with E-state index in [1.165, 1.54) is 25.3 Å². The molecule has 0 unspecified atom stereocenters. The second kappa shape index (κ2) is 4.11. The molecule has 74 valence electrons. The van der Waals surface area contributed by atoms with Crippen molar-refractivity contribution in [2.75, 3.05) is 7.11 Å². The first-order valence-corrected chi connectivity index (χ1v) is 4.05. The summed E-state index contributed by atoms with van der Waals surface area (Å²) in [6.45, 7) is 0. The number of hydrogen-bond donors (Lipinski definition) is 1. The Kier molecular flexibility index (Phi) is 3.09. The summed E-state index contributed by atoms with van der Waals surface area (Å²) in [6, 6.07) is 4.22. The van der Waals surface area contributed by atoms with Gasteiger partial charge in [0.15, 0.2) is 0 Å². The Morgan fingerprint density at radius 2 is 2.07 bits per heavy atom. The number of carbonyl (C=O) groups is 2. The highest BCUT2D eigenvalue weighted by molar-refractivity contribution is 6.41. The van der Waals surface area contributed by atoms with Crippen molar-refractivity contribution < 1.29 is 19.4 Å². The number of halogens is 1. The van der Waals surface area contributed by atoms with Crippen LogP contribution in [0.5, 0.6) is 5.75 Å². The molecule has 5 heteroatoms. The number of carboxylic acid groups (broad SMARTS) is 1. The molecule has 0 fully saturated rings. The molecule has 0 bridgehead atoms. The van der Waals surface area contributed by atoms with E-state index in [2.05, 4.69) is 0 Å². The van der Waals surface area contributed by atoms with Crippen LogP contribution in [-0.2, 0) is 4.79 Å². The minimum atomic E-state index is -1.54. The van der Waals surface area contributed by atoms with E-state index in [0.717, 1.165) is 0 Å². The zero-order valence-corrected chi connectivity index (χ0v) is 8.04. The molecule has 0 saturated carbocycles. The second-order valence-electron chi connectivity index (χ2n) is 2.48. The first-order valence-electron chi connectivity index (χ1n) is 3.67. The Hall–Kier alpha value is -1.55. The highest BCUT2D eigenvalue weighted by Crippen LogP contribution is 2.22. The van der Waals surface area contributed by atoms with Crippen LogP contribution in [0, 0.1) is 0 Å². The lowest BCUT2D eigenvalue weighted by Gasteiger charge is -2.05. The number of rotatable bonds is 3. The van der Waals surface area contributed by atoms with Gasteiger partial charge in [0.1, 0.15) is 5.75 Å². The Balaban J connectivity index is 3.23. The fourth-order valence-corrected chi connectivity index (χ4v) is 1.14. The second-order valence-corrected chi connectivity index (χ2v) is 2.92. The van der Waals surface area contributed by atoms with E-state index in [0.29, 0.717) is 0 Å². The van der Waals surface area contributed by atoms with Crippen LogP contribution in [0.25, 0.3) is 0 Å². The van der Waals surface area contributed by atoms with Crippen molar-refractivity contribution in [3.05, 3.63) is 28.8 Å². The highest BCUT2D eigenvalue weighted by atomic mass is 35.5. The third kappa shape index (κ3) is 2.03. The molecular formula is C9H7ClO4. The summed E-state index contributed by atoms with van der Waals surface area (Å²) in [6.07, 6.45) is 0. The zero-order valence-electron chi connectivity index (χ0n) is 7.28. The molecule has 0 radical (unpaired) electrons. The fourth-order valence-electron chi connectivity index (χ4n) is 0.973. The van der Waals surface area contributed by atoms with Crippen LogP contribution in [0.1, 0.15) is 10.4 Å². The Morgan fingerprint density at radius 3 is 2.57 bits per heavy atom. The average molecular weight is 215 g/mol. The minimum Gasteiger partial charge on any atom is -0.496 e. The van der Waals surface area contributed by atoms with Gasteiger partial charge in [0.25, 0.3) is 5.78 Å². The number of carbonyl (C=O) groups excluding carboxylic acids is 1. The summed E-state index contributed by atoms with van der Waals surface area (Å²) in [4.78, 5) is 21.6. The van der Waals surface area contributed by atoms with E-state index < -0.39 is 11.8 Å². The molecule has 0 aliphatic rings. The van der Waals surface area contributed by atoms with Crippen LogP contribution in [0.3, 0.4) is 0 Å². The lowest BCUT2D eigenvalue weighted by atomic mass is 10.1. The number of methoxy groups -OCH3 is 1. The van der Waals surface area contributed by atoms with Gasteiger partial charge in [0.05, 0.1) is 12.7 Å². The summed E-state index contributed by atoms with van der Waals surface area (Å²) in [5.41, 5.74) is -0.0486. The highest BCUT2D eigenvalue weighted by Gasteiger charge is 2.19. The van der Waals surface area contributed by atoms with Gasteiger partial charge in [-0.2, -0.15) is 0 Å². The molecule has 0 aliphatic carbocycles. The van der Waals surface area contributed by atoms with Gasteiger partial charge in [-0.25, -0.2) is 4.79 Å². The van der Waals surface area contributed by atoms with Gasteiger partial charge < -0.3 is 9.84 Å². The van der Waals surface area contributed by atoms with Crippen molar-refractivity contribution in [3.8, 4) is 5.75 Å². The summed E-state index contributed by atoms with van der Waals surface area (Å²) in [7, 11) is 1.35. The van der Waals surface area contributed by atoms with E-state index in [-0.39, 0.29) is 16.3 Å². The van der Waals surface area contributed by atoms with Crippen LogP contribution < -0.4 is 4.74 Å². The largest absolute Gasteiger partial charge is 0.496 e. The van der Waals surface area contributed by atoms with Crippen molar-refractivity contribution in [1.29, 1.82) is 0 Å². The van der Waals surface area contributed by atoms with Gasteiger partial charge in [-0.1, -0.05) is 11.6 Å². The van der Waals surface area contributed by atoms with E-state index in [1.807, 2.05) is 0 Å². The summed E-state index contributed by atoms with van der Waals surface area (Å²) in [5.74, 6) is -2.38. The normalized spacial score (nSPS) is 9.57. The lowest BCUT2D eigenvalue weighted by Crippen LogP contribution is -2.13. The summed E-state index contributed by atoms with van der Waals surface area (Å²) < 4.78 is 4.83. The number of hydrogen-bond acceptors (Lipinski definition) is 3. The molecule has 0 spiro atoms. The summed E-state index contributed by atoms with van der Waals surface area (Å²) >= 11 is 5.62. The van der Waals surface area contributed by atoms with E-state index in [1.54, 1.807) is 0 Å². The van der Waals surface area contributed by atoms with Gasteiger partial charge in [-0.3, -0.25) is 4.79 Å². The number of benzene rings is 1. The first-order chi connectivity index (χ1) is 6.56. The molecule has 4 nitrogen and oxygen atoms in total. The Labute approximate surface area is 85.1 Å². The van der Waals surface area contributed by atoms with Crippen LogP contribution in [0.2, 0.25) is 5.02 Å². The van der Waals surface area contributed by atoms with Crippen molar-refractivity contribution in [2.24, 2.45) is 0 Å². The maximum absolute atomic E-state index is 11.1. The minimum absolute atomic E-state index is 0.0486. The average Bonchev–Trinajstić information content (AvgIpc) is 2.16. The molecule has 0 heterocycles. The molecule has 1 rings (SSSR count). The molecule has 1 N–H and O–H groups in total. The predicted octanol–water partition coefficient (Wildman–Crippen LogP) is 1.62. The topological polar surface area (TPSA) is 63.6 Å². The molecular weight excluding hydrogens is 208 g/mol. The van der Waals surface area contributed by atoms with Crippen LogP contribution in [-0.4, -0.2) is 24.0 Å². The van der Waals surface area contributed by atoms with E-state index >= 15 is 0 Å². The van der Waals surface area contributed by atoms with Gasteiger partial charge in [0.2, 0.25) is 0 Å². The van der Waals surface area contributed by atoms with Gasteiger partial charge >= 0.3 is 5.97 Å². The SMILES string of the molecule is COc1ccc(Cl)cc1C(=O)C(=O)O. The molecule has 0 aromatic heterocycles. The molecule has 0 atom stereocenters. The standard InChI is InChI=1S/C9H7ClO4/c1-14-7-3-2-5(10)4-6(7)8(11)9(12)13/h2-4H,1H3,(H,12,13). The fraction of sp³-hybridized carbons (Fsp3) is 0.111. The molecule has 1 aromatic rings. The maximum Gasteiger partial charge on any atom is 0.377 e. The van der Waals surface area contributed by atoms with Crippen molar-refractivity contribution in [1.82, 2.24) is 0 Å². The first kappa shape index (κ1) is 10.5. The van der Waals surface area contributed by atoms with Crippen molar-refractivity contribution in [3.63, 3.8) is 0 Å². The zero-order chi connectivity index (χ0) is 10.7. The molecule has 14 heavy (non-hydrogen) atoms. The molecule has 0 saturated heterocycles. The summed E-state index contributed by atoms with van der Waals surface area (Å²) in [5, 5.41) is 8.79. The number of ether oxygens (including phenoxy) is 1. The van der Waals surface area contributed by atoms with Gasteiger partial charge in [-0.05, 0) is 18.2 Å². The smallest absolute Gasteiger partial charge is 0.377 e. The predicted molar refractivity (Wildman–Crippen MR) is 50.0 cm³/mol. The molecule has 0 aliphatic heterocycles. The molecule has 1 aromatic carbocycles. The third-order valence-electron chi connectivity index (χ3n) is 1.60. The van der Waals surface area contributed by atoms with Crippen LogP contribution >= 0.6 is 11.6 Å². The number of Topliss-reactive ketones (excluding diaryl/α,β-unsaturated/α-hetero) is 1. The van der Waals surface area contributed by atoms with Gasteiger partial charge in [0, 0.05) is 5.02 Å². The van der Waals surface area contributed by atoms with Gasteiger partial charge in [-0.15, -0.1) is 0 Å². The van der Waals surface area contributed by atoms with Crippen LogP contribution in [0.4, 0.5) is 0 Å². The van der Waals surface area contributed by atoms with Crippen molar-refractivity contribution in [2.45, 2.75) is 0 Å². The quantitative estimate of drug-likeness (QED) is 0.613. The van der Waals surface area contributed by atoms with E-state index in [9.17, 15) is 9.59 Å². The van der Waals surface area contributed by atoms with E-state index in [4.69, 9.17) is 21.4 Å². The van der Waals surface area contributed by atoms with Crippen molar-refractivity contribution >= 4 is 23.4 Å². The number of ketones is 1. The maximum atomic E-state index is 11.1. The van der Waals surface area contributed by atoms with Crippen LogP contribution in [0.15, 0.2) is 18.2 Å². The lowest BCUT2D eigenvalue weighted by molar-refractivity contribution is -0.131. The number of aliphatic carboxylic acids is 1. The monoisotopic (exact) mass is 214 g/mol. The Morgan fingerprint density at radius 1 is 1.43 bits per heavy atom.